The molecule has 1 heterocycles. The zero-order valence-corrected chi connectivity index (χ0v) is 13.2. The van der Waals surface area contributed by atoms with Crippen LogP contribution in [-0.2, 0) is 6.42 Å². The van der Waals surface area contributed by atoms with Crippen molar-refractivity contribution >= 4 is 11.9 Å². The Kier molecular flexibility index (Phi) is 4.84. The number of carboxylic acid groups (broad SMARTS) is 1. The van der Waals surface area contributed by atoms with E-state index in [0.29, 0.717) is 5.92 Å². The molecule has 1 aliphatic rings. The summed E-state index contributed by atoms with van der Waals surface area (Å²) < 4.78 is 0. The van der Waals surface area contributed by atoms with Crippen LogP contribution in [0.2, 0.25) is 0 Å². The number of nitrogens with zero attached hydrogens (tertiary/aromatic N) is 2. The third kappa shape index (κ3) is 3.95. The highest BCUT2D eigenvalue weighted by Crippen LogP contribution is 2.28. The predicted octanol–water partition coefficient (Wildman–Crippen LogP) is 2.32. The first-order valence-corrected chi connectivity index (χ1v) is 8.02. The van der Waals surface area contributed by atoms with E-state index in [1.165, 1.54) is 11.8 Å². The maximum absolute atomic E-state index is 12.2. The van der Waals surface area contributed by atoms with E-state index in [0.717, 1.165) is 31.9 Å². The maximum Gasteiger partial charge on any atom is 0.356 e. The molecule has 1 saturated carbocycles. The normalized spacial score (nSPS) is 19.8. The van der Waals surface area contributed by atoms with Crippen LogP contribution in [0.4, 0.5) is 0 Å². The molecule has 3 rings (SSSR count). The number of hydrogen-bond donors (Lipinski definition) is 2. The topological polar surface area (TPSA) is 92.2 Å². The summed E-state index contributed by atoms with van der Waals surface area (Å²) in [5.74, 6) is -0.892. The molecule has 0 saturated heterocycles. The third-order valence-corrected chi connectivity index (χ3v) is 4.35. The lowest BCUT2D eigenvalue weighted by molar-refractivity contribution is 0.0689. The third-order valence-electron chi connectivity index (χ3n) is 4.35. The lowest BCUT2D eigenvalue weighted by atomic mass is 9.98. The van der Waals surface area contributed by atoms with Gasteiger partial charge in [-0.3, -0.25) is 4.79 Å². The molecule has 0 radical (unpaired) electrons. The molecule has 0 bridgehead atoms. The zero-order chi connectivity index (χ0) is 16.9. The summed E-state index contributed by atoms with van der Waals surface area (Å²) in [6.45, 7) is 0. The molecule has 2 N–H and O–H groups in total. The van der Waals surface area contributed by atoms with Crippen molar-refractivity contribution in [1.29, 1.82) is 0 Å². The van der Waals surface area contributed by atoms with Gasteiger partial charge in [0.15, 0.2) is 5.69 Å². The molecule has 24 heavy (non-hydrogen) atoms. The SMILES string of the molecule is O=C(O)c1cnc(C(=O)NC2CCC(Cc3ccccc3)C2)cn1. The summed E-state index contributed by atoms with van der Waals surface area (Å²) in [7, 11) is 0. The second kappa shape index (κ2) is 7.21. The average molecular weight is 325 g/mol. The van der Waals surface area contributed by atoms with E-state index >= 15 is 0 Å². The molecular weight excluding hydrogens is 306 g/mol. The average Bonchev–Trinajstić information content (AvgIpc) is 3.02. The van der Waals surface area contributed by atoms with Gasteiger partial charge in [-0.05, 0) is 37.2 Å². The summed E-state index contributed by atoms with van der Waals surface area (Å²) in [5, 5.41) is 11.8. The molecule has 1 aromatic carbocycles. The van der Waals surface area contributed by atoms with Crippen molar-refractivity contribution in [3.8, 4) is 0 Å². The van der Waals surface area contributed by atoms with Gasteiger partial charge in [0.25, 0.3) is 5.91 Å². The van der Waals surface area contributed by atoms with E-state index in [1.54, 1.807) is 0 Å². The highest BCUT2D eigenvalue weighted by atomic mass is 16.4. The molecule has 2 unspecified atom stereocenters. The van der Waals surface area contributed by atoms with Gasteiger partial charge in [-0.15, -0.1) is 0 Å². The van der Waals surface area contributed by atoms with E-state index in [2.05, 4.69) is 27.4 Å². The second-order valence-corrected chi connectivity index (χ2v) is 6.13. The van der Waals surface area contributed by atoms with Gasteiger partial charge in [0, 0.05) is 6.04 Å². The Morgan fingerprint density at radius 3 is 2.46 bits per heavy atom. The molecular formula is C18H19N3O3. The Bertz CT molecular complexity index is 716. The maximum atomic E-state index is 12.2. The molecule has 1 aromatic heterocycles. The van der Waals surface area contributed by atoms with Gasteiger partial charge in [-0.25, -0.2) is 14.8 Å². The summed E-state index contributed by atoms with van der Waals surface area (Å²) in [5.41, 5.74) is 1.30. The summed E-state index contributed by atoms with van der Waals surface area (Å²) in [6, 6.07) is 10.5. The molecule has 124 valence electrons. The first-order valence-electron chi connectivity index (χ1n) is 8.02. The van der Waals surface area contributed by atoms with Crippen molar-refractivity contribution in [2.24, 2.45) is 5.92 Å². The number of aromatic nitrogens is 2. The molecule has 1 aliphatic carbocycles. The first kappa shape index (κ1) is 16.1. The largest absolute Gasteiger partial charge is 0.476 e. The highest BCUT2D eigenvalue weighted by molar-refractivity contribution is 5.92. The number of carbonyl (C=O) groups is 2. The van der Waals surface area contributed by atoms with E-state index in [-0.39, 0.29) is 23.3 Å². The molecule has 6 nitrogen and oxygen atoms in total. The van der Waals surface area contributed by atoms with Gasteiger partial charge in [0.2, 0.25) is 0 Å². The van der Waals surface area contributed by atoms with Crippen LogP contribution in [0.15, 0.2) is 42.7 Å². The fourth-order valence-corrected chi connectivity index (χ4v) is 3.15. The van der Waals surface area contributed by atoms with Crippen LogP contribution in [0.25, 0.3) is 0 Å². The van der Waals surface area contributed by atoms with Crippen LogP contribution in [-0.4, -0.2) is 33.0 Å². The lowest BCUT2D eigenvalue weighted by Crippen LogP contribution is -2.33. The first-order chi connectivity index (χ1) is 11.6. The summed E-state index contributed by atoms with van der Waals surface area (Å²) in [4.78, 5) is 30.5. The Balaban J connectivity index is 1.53. The predicted molar refractivity (Wildman–Crippen MR) is 87.7 cm³/mol. The number of benzene rings is 1. The molecule has 6 heteroatoms. The Morgan fingerprint density at radius 1 is 1.08 bits per heavy atom. The second-order valence-electron chi connectivity index (χ2n) is 6.13. The number of carbonyl (C=O) groups excluding carboxylic acids is 1. The fourth-order valence-electron chi connectivity index (χ4n) is 3.15. The molecule has 0 spiro atoms. The van der Waals surface area contributed by atoms with Crippen LogP contribution >= 0.6 is 0 Å². The van der Waals surface area contributed by atoms with Gasteiger partial charge in [-0.2, -0.15) is 0 Å². The van der Waals surface area contributed by atoms with Gasteiger partial charge in [0.1, 0.15) is 5.69 Å². The Morgan fingerprint density at radius 2 is 1.79 bits per heavy atom. The van der Waals surface area contributed by atoms with Crippen LogP contribution in [0.5, 0.6) is 0 Å². The van der Waals surface area contributed by atoms with Crippen molar-refractivity contribution < 1.29 is 14.7 Å². The fraction of sp³-hybridized carbons (Fsp3) is 0.333. The van der Waals surface area contributed by atoms with Crippen LogP contribution < -0.4 is 5.32 Å². The van der Waals surface area contributed by atoms with Gasteiger partial charge in [-0.1, -0.05) is 30.3 Å². The lowest BCUT2D eigenvalue weighted by Gasteiger charge is -2.13. The number of amides is 1. The molecule has 2 aromatic rings. The smallest absolute Gasteiger partial charge is 0.356 e. The van der Waals surface area contributed by atoms with E-state index in [9.17, 15) is 9.59 Å². The van der Waals surface area contributed by atoms with Crippen LogP contribution in [0, 0.1) is 5.92 Å². The van der Waals surface area contributed by atoms with Crippen LogP contribution in [0.1, 0.15) is 45.8 Å². The van der Waals surface area contributed by atoms with Gasteiger partial charge < -0.3 is 10.4 Å². The number of aromatic carboxylic acids is 1. The molecule has 1 fully saturated rings. The van der Waals surface area contributed by atoms with Crippen molar-refractivity contribution in [2.75, 3.05) is 0 Å². The zero-order valence-electron chi connectivity index (χ0n) is 13.2. The van der Waals surface area contributed by atoms with Crippen molar-refractivity contribution in [2.45, 2.75) is 31.7 Å². The molecule has 2 atom stereocenters. The molecule has 1 amide bonds. The minimum Gasteiger partial charge on any atom is -0.476 e. The minimum atomic E-state index is -1.16. The summed E-state index contributed by atoms with van der Waals surface area (Å²) >= 11 is 0. The summed E-state index contributed by atoms with van der Waals surface area (Å²) in [6.07, 6.45) is 6.31. The van der Waals surface area contributed by atoms with E-state index in [4.69, 9.17) is 5.11 Å². The number of hydrogen-bond acceptors (Lipinski definition) is 4. The van der Waals surface area contributed by atoms with Crippen molar-refractivity contribution in [1.82, 2.24) is 15.3 Å². The van der Waals surface area contributed by atoms with Crippen molar-refractivity contribution in [3.05, 3.63) is 59.7 Å². The van der Waals surface area contributed by atoms with Crippen molar-refractivity contribution in [3.63, 3.8) is 0 Å². The van der Waals surface area contributed by atoms with Crippen LogP contribution in [0.3, 0.4) is 0 Å². The number of rotatable bonds is 5. The monoisotopic (exact) mass is 325 g/mol. The number of nitrogens with one attached hydrogen (secondary N) is 1. The van der Waals surface area contributed by atoms with Gasteiger partial charge in [0.05, 0.1) is 12.4 Å². The van der Waals surface area contributed by atoms with E-state index in [1.807, 2.05) is 18.2 Å². The highest BCUT2D eigenvalue weighted by Gasteiger charge is 2.26. The minimum absolute atomic E-state index is 0.132. The standard InChI is InChI=1S/C18H19N3O3/c22-17(15-10-20-16(11-19-15)18(23)24)21-14-7-6-13(9-14)8-12-4-2-1-3-5-12/h1-5,10-11,13-14H,6-9H2,(H,21,22)(H,23,24). The number of carboxylic acids is 1. The Hall–Kier alpha value is -2.76. The quantitative estimate of drug-likeness (QED) is 0.880. The Labute approximate surface area is 140 Å². The van der Waals surface area contributed by atoms with E-state index < -0.39 is 5.97 Å². The molecule has 0 aliphatic heterocycles. The van der Waals surface area contributed by atoms with Gasteiger partial charge >= 0.3 is 5.97 Å².